The lowest BCUT2D eigenvalue weighted by molar-refractivity contribution is -0.140. The van der Waals surface area contributed by atoms with Gasteiger partial charge in [-0.3, -0.25) is 4.98 Å². The van der Waals surface area contributed by atoms with Crippen LogP contribution in [0.5, 0.6) is 0 Å². The molecule has 0 saturated carbocycles. The molecule has 0 radical (unpaired) electrons. The molecule has 1 aromatic heterocycles. The number of hydrogen-bond acceptors (Lipinski definition) is 3. The largest absolute Gasteiger partial charge is 0.419 e. The van der Waals surface area contributed by atoms with Gasteiger partial charge >= 0.3 is 6.18 Å². The maximum absolute atomic E-state index is 13.2. The molecular formula is C14H12F4N2O. The van der Waals surface area contributed by atoms with Crippen molar-refractivity contribution < 1.29 is 22.7 Å². The average Bonchev–Trinajstić information content (AvgIpc) is 2.45. The third kappa shape index (κ3) is 3.69. The fourth-order valence-corrected chi connectivity index (χ4v) is 1.82. The molecule has 3 nitrogen and oxygen atoms in total. The minimum absolute atomic E-state index is 0.0576. The van der Waals surface area contributed by atoms with E-state index in [0.717, 1.165) is 12.1 Å². The molecular weight excluding hydrogens is 288 g/mol. The molecule has 0 unspecified atom stereocenters. The molecule has 1 heterocycles. The number of aliphatic hydroxyl groups is 1. The molecule has 0 amide bonds. The summed E-state index contributed by atoms with van der Waals surface area (Å²) >= 11 is 0. The van der Waals surface area contributed by atoms with Gasteiger partial charge < -0.3 is 10.4 Å². The zero-order valence-corrected chi connectivity index (χ0v) is 10.8. The molecule has 112 valence electrons. The van der Waals surface area contributed by atoms with Crippen molar-refractivity contribution in [2.24, 2.45) is 0 Å². The van der Waals surface area contributed by atoms with E-state index < -0.39 is 17.6 Å². The summed E-state index contributed by atoms with van der Waals surface area (Å²) in [6, 6.07) is 4.41. The number of anilines is 1. The van der Waals surface area contributed by atoms with Crippen molar-refractivity contribution in [1.82, 2.24) is 4.98 Å². The Morgan fingerprint density at radius 3 is 2.62 bits per heavy atom. The predicted molar refractivity (Wildman–Crippen MR) is 68.9 cm³/mol. The third-order valence-corrected chi connectivity index (χ3v) is 2.90. The summed E-state index contributed by atoms with van der Waals surface area (Å²) in [6.45, 7) is -0.163. The van der Waals surface area contributed by atoms with Crippen molar-refractivity contribution in [3.8, 4) is 0 Å². The van der Waals surface area contributed by atoms with Crippen molar-refractivity contribution in [3.05, 3.63) is 59.2 Å². The molecule has 0 fully saturated rings. The molecule has 7 heteroatoms. The van der Waals surface area contributed by atoms with Crippen molar-refractivity contribution in [2.45, 2.75) is 19.3 Å². The van der Waals surface area contributed by atoms with Gasteiger partial charge in [-0.15, -0.1) is 0 Å². The van der Waals surface area contributed by atoms with Crippen LogP contribution in [-0.4, -0.2) is 10.1 Å². The number of alkyl halides is 3. The van der Waals surface area contributed by atoms with Gasteiger partial charge in [-0.2, -0.15) is 13.2 Å². The van der Waals surface area contributed by atoms with Gasteiger partial charge in [-0.25, -0.2) is 4.39 Å². The summed E-state index contributed by atoms with van der Waals surface area (Å²) in [7, 11) is 0. The van der Waals surface area contributed by atoms with E-state index in [1.807, 2.05) is 0 Å². The van der Waals surface area contributed by atoms with Crippen molar-refractivity contribution in [1.29, 1.82) is 0 Å². The van der Waals surface area contributed by atoms with Crippen LogP contribution in [0.2, 0.25) is 0 Å². The molecule has 2 aromatic rings. The van der Waals surface area contributed by atoms with Crippen LogP contribution in [0.25, 0.3) is 0 Å². The lowest BCUT2D eigenvalue weighted by Gasteiger charge is -2.12. The molecule has 0 spiro atoms. The first-order valence-corrected chi connectivity index (χ1v) is 6.05. The first-order valence-electron chi connectivity index (χ1n) is 6.05. The third-order valence-electron chi connectivity index (χ3n) is 2.90. The zero-order valence-electron chi connectivity index (χ0n) is 10.8. The zero-order chi connectivity index (χ0) is 15.5. The number of aromatic nitrogens is 1. The normalized spacial score (nSPS) is 11.5. The maximum atomic E-state index is 13.2. The van der Waals surface area contributed by atoms with Crippen LogP contribution in [0, 0.1) is 5.82 Å². The van der Waals surface area contributed by atoms with E-state index >= 15 is 0 Å². The summed E-state index contributed by atoms with van der Waals surface area (Å²) in [5.41, 5.74) is 0.0628. The monoisotopic (exact) mass is 300 g/mol. The summed E-state index contributed by atoms with van der Waals surface area (Å²) in [6.07, 6.45) is -1.78. The number of aliphatic hydroxyl groups excluding tert-OH is 1. The second-order valence-electron chi connectivity index (χ2n) is 4.36. The lowest BCUT2D eigenvalue weighted by Crippen LogP contribution is -2.10. The van der Waals surface area contributed by atoms with E-state index in [1.165, 1.54) is 18.5 Å². The fourth-order valence-electron chi connectivity index (χ4n) is 1.82. The molecule has 0 aliphatic rings. The average molecular weight is 300 g/mol. The highest BCUT2D eigenvalue weighted by atomic mass is 19.4. The molecule has 0 atom stereocenters. The predicted octanol–water partition coefficient (Wildman–Crippen LogP) is 3.34. The lowest BCUT2D eigenvalue weighted by atomic mass is 10.1. The van der Waals surface area contributed by atoms with Crippen LogP contribution >= 0.6 is 0 Å². The van der Waals surface area contributed by atoms with Gasteiger partial charge in [0.1, 0.15) is 5.82 Å². The van der Waals surface area contributed by atoms with Gasteiger partial charge in [0.2, 0.25) is 0 Å². The highest BCUT2D eigenvalue weighted by Gasteiger charge is 2.34. The highest BCUT2D eigenvalue weighted by Crippen LogP contribution is 2.32. The van der Waals surface area contributed by atoms with E-state index in [2.05, 4.69) is 10.3 Å². The molecule has 2 N–H and O–H groups in total. The Bertz CT molecular complexity index is 629. The fraction of sp³-hybridized carbons (Fsp3) is 0.214. The molecule has 1 aromatic carbocycles. The van der Waals surface area contributed by atoms with Crippen LogP contribution < -0.4 is 5.32 Å². The Balaban J connectivity index is 2.17. The second-order valence-corrected chi connectivity index (χ2v) is 4.36. The second kappa shape index (κ2) is 6.09. The van der Waals surface area contributed by atoms with Gasteiger partial charge in [-0.1, -0.05) is 6.07 Å². The van der Waals surface area contributed by atoms with Crippen molar-refractivity contribution in [3.63, 3.8) is 0 Å². The number of pyridine rings is 1. The molecule has 0 aliphatic heterocycles. The number of halogens is 4. The minimum Gasteiger partial charge on any atom is -0.392 e. The van der Waals surface area contributed by atoms with Crippen molar-refractivity contribution in [2.75, 3.05) is 5.32 Å². The minimum atomic E-state index is -4.73. The Hall–Kier alpha value is -2.15. The maximum Gasteiger partial charge on any atom is 0.419 e. The van der Waals surface area contributed by atoms with E-state index in [9.17, 15) is 17.6 Å². The SMILES string of the molecule is OCc1ccncc1NCc1ccc(F)c(C(F)(F)F)c1. The molecule has 0 bridgehead atoms. The van der Waals surface area contributed by atoms with Crippen LogP contribution in [0.3, 0.4) is 0 Å². The first-order chi connectivity index (χ1) is 9.91. The van der Waals surface area contributed by atoms with E-state index in [-0.39, 0.29) is 18.7 Å². The van der Waals surface area contributed by atoms with Gasteiger partial charge in [0, 0.05) is 18.3 Å². The molecule has 0 saturated heterocycles. The Kier molecular flexibility index (Phi) is 4.42. The topological polar surface area (TPSA) is 45.2 Å². The number of rotatable bonds is 4. The molecule has 0 aliphatic carbocycles. The highest BCUT2D eigenvalue weighted by molar-refractivity contribution is 5.49. The number of hydrogen-bond donors (Lipinski definition) is 2. The smallest absolute Gasteiger partial charge is 0.392 e. The van der Waals surface area contributed by atoms with Crippen molar-refractivity contribution >= 4 is 5.69 Å². The number of nitrogens with one attached hydrogen (secondary N) is 1. The van der Waals surface area contributed by atoms with Crippen LogP contribution in [0.4, 0.5) is 23.2 Å². The summed E-state index contributed by atoms with van der Waals surface area (Å²) in [4.78, 5) is 3.86. The van der Waals surface area contributed by atoms with Gasteiger partial charge in [-0.05, 0) is 23.8 Å². The van der Waals surface area contributed by atoms with E-state index in [0.29, 0.717) is 11.3 Å². The molecule has 2 rings (SSSR count). The number of benzene rings is 1. The summed E-state index contributed by atoms with van der Waals surface area (Å²) in [5, 5.41) is 12.0. The van der Waals surface area contributed by atoms with Crippen LogP contribution in [-0.2, 0) is 19.3 Å². The van der Waals surface area contributed by atoms with E-state index in [1.54, 1.807) is 6.07 Å². The Morgan fingerprint density at radius 2 is 1.95 bits per heavy atom. The van der Waals surface area contributed by atoms with Crippen LogP contribution in [0.15, 0.2) is 36.7 Å². The van der Waals surface area contributed by atoms with E-state index in [4.69, 9.17) is 5.11 Å². The number of nitrogens with zero attached hydrogens (tertiary/aromatic N) is 1. The van der Waals surface area contributed by atoms with Gasteiger partial charge in [0.15, 0.2) is 0 Å². The van der Waals surface area contributed by atoms with Gasteiger partial charge in [0.25, 0.3) is 0 Å². The first kappa shape index (κ1) is 15.2. The summed E-state index contributed by atoms with van der Waals surface area (Å²) in [5.74, 6) is -1.30. The molecule has 21 heavy (non-hydrogen) atoms. The Morgan fingerprint density at radius 1 is 1.19 bits per heavy atom. The summed E-state index contributed by atoms with van der Waals surface area (Å²) < 4.78 is 51.0. The quantitative estimate of drug-likeness (QED) is 0.851. The standard InChI is InChI=1S/C14H12F4N2O/c15-12-2-1-9(5-11(12)14(16,17)18)6-20-13-7-19-4-3-10(13)8-21/h1-5,7,20-21H,6,8H2. The Labute approximate surface area is 118 Å². The van der Waals surface area contributed by atoms with Gasteiger partial charge in [0.05, 0.1) is 24.1 Å². The van der Waals surface area contributed by atoms with Crippen LogP contribution in [0.1, 0.15) is 16.7 Å².